The minimum atomic E-state index is 0.804. The van der Waals surface area contributed by atoms with Crippen LogP contribution < -0.4 is 5.32 Å². The highest BCUT2D eigenvalue weighted by Crippen LogP contribution is 2.18. The molecule has 1 aliphatic rings. The molecular formula is C11H19N3. The molecule has 3 nitrogen and oxygen atoms in total. The van der Waals surface area contributed by atoms with Crippen molar-refractivity contribution in [2.75, 3.05) is 13.1 Å². The number of aryl methyl sites for hydroxylation is 1. The Morgan fingerprint density at radius 2 is 2.36 bits per heavy atom. The van der Waals surface area contributed by atoms with Gasteiger partial charge in [0.05, 0.1) is 5.69 Å². The quantitative estimate of drug-likeness (QED) is 0.762. The molecule has 1 fully saturated rings. The fraction of sp³-hybridized carbons (Fsp3) is 0.727. The molecule has 0 amide bonds. The second-order valence-electron chi connectivity index (χ2n) is 4.19. The molecule has 1 aromatic rings. The summed E-state index contributed by atoms with van der Waals surface area (Å²) in [6.45, 7) is 6.68. The van der Waals surface area contributed by atoms with Crippen LogP contribution in [0.2, 0.25) is 0 Å². The van der Waals surface area contributed by atoms with Crippen molar-refractivity contribution in [2.45, 2.75) is 33.1 Å². The van der Waals surface area contributed by atoms with E-state index in [2.05, 4.69) is 29.4 Å². The normalized spacial score (nSPS) is 21.7. The average Bonchev–Trinajstić information content (AvgIpc) is 2.79. The molecule has 14 heavy (non-hydrogen) atoms. The van der Waals surface area contributed by atoms with Crippen molar-refractivity contribution in [3.05, 3.63) is 17.0 Å². The Bertz CT molecular complexity index is 297. The van der Waals surface area contributed by atoms with Crippen LogP contribution in [0, 0.1) is 12.8 Å². The number of aromatic amines is 1. The maximum atomic E-state index is 4.33. The third-order valence-corrected chi connectivity index (χ3v) is 3.20. The molecular weight excluding hydrogens is 174 g/mol. The van der Waals surface area contributed by atoms with E-state index in [0.29, 0.717) is 0 Å². The van der Waals surface area contributed by atoms with Crippen LogP contribution in [0.1, 0.15) is 30.3 Å². The minimum absolute atomic E-state index is 0.804. The standard InChI is InChI=1S/C11H19N3/c1-3-10-8(2)11(14-13-10)6-9-4-5-12-7-9/h9,12H,3-7H2,1-2H3,(H,13,14). The zero-order valence-electron chi connectivity index (χ0n) is 9.06. The van der Waals surface area contributed by atoms with E-state index in [1.807, 2.05) is 0 Å². The van der Waals surface area contributed by atoms with Crippen LogP contribution >= 0.6 is 0 Å². The molecule has 2 N–H and O–H groups in total. The number of hydrogen-bond acceptors (Lipinski definition) is 2. The molecule has 78 valence electrons. The summed E-state index contributed by atoms with van der Waals surface area (Å²) in [4.78, 5) is 0. The molecule has 1 unspecified atom stereocenters. The molecule has 1 saturated heterocycles. The van der Waals surface area contributed by atoms with E-state index in [4.69, 9.17) is 0 Å². The van der Waals surface area contributed by atoms with Crippen molar-refractivity contribution in [1.82, 2.24) is 15.5 Å². The van der Waals surface area contributed by atoms with Crippen LogP contribution in [-0.2, 0) is 12.8 Å². The predicted molar refractivity (Wildman–Crippen MR) is 57.4 cm³/mol. The van der Waals surface area contributed by atoms with E-state index in [-0.39, 0.29) is 0 Å². The summed E-state index contributed by atoms with van der Waals surface area (Å²) >= 11 is 0. The molecule has 1 aromatic heterocycles. The van der Waals surface area contributed by atoms with Crippen molar-refractivity contribution in [1.29, 1.82) is 0 Å². The molecule has 3 heteroatoms. The first-order chi connectivity index (χ1) is 6.81. The van der Waals surface area contributed by atoms with Crippen molar-refractivity contribution in [2.24, 2.45) is 5.92 Å². The zero-order chi connectivity index (χ0) is 9.97. The highest BCUT2D eigenvalue weighted by Gasteiger charge is 2.17. The van der Waals surface area contributed by atoms with Gasteiger partial charge in [-0.1, -0.05) is 6.92 Å². The minimum Gasteiger partial charge on any atom is -0.316 e. The molecule has 2 heterocycles. The highest BCUT2D eigenvalue weighted by atomic mass is 15.1. The van der Waals surface area contributed by atoms with E-state index >= 15 is 0 Å². The van der Waals surface area contributed by atoms with E-state index in [1.165, 1.54) is 36.5 Å². The number of nitrogens with zero attached hydrogens (tertiary/aromatic N) is 1. The van der Waals surface area contributed by atoms with Gasteiger partial charge in [-0.05, 0) is 50.8 Å². The summed E-state index contributed by atoms with van der Waals surface area (Å²) in [5, 5.41) is 10.9. The third kappa shape index (κ3) is 1.82. The highest BCUT2D eigenvalue weighted by molar-refractivity contribution is 5.24. The number of H-pyrrole nitrogens is 1. The third-order valence-electron chi connectivity index (χ3n) is 3.20. The lowest BCUT2D eigenvalue weighted by molar-refractivity contribution is 0.569. The summed E-state index contributed by atoms with van der Waals surface area (Å²) in [6, 6.07) is 0. The maximum Gasteiger partial charge on any atom is 0.0651 e. The van der Waals surface area contributed by atoms with Crippen LogP contribution in [-0.4, -0.2) is 23.3 Å². The Balaban J connectivity index is 2.04. The van der Waals surface area contributed by atoms with Crippen LogP contribution in [0.15, 0.2) is 0 Å². The lowest BCUT2D eigenvalue weighted by atomic mass is 10.00. The first-order valence-corrected chi connectivity index (χ1v) is 5.54. The largest absolute Gasteiger partial charge is 0.316 e. The van der Waals surface area contributed by atoms with E-state index in [9.17, 15) is 0 Å². The molecule has 0 aromatic carbocycles. The summed E-state index contributed by atoms with van der Waals surface area (Å²) in [6.07, 6.45) is 3.50. The van der Waals surface area contributed by atoms with Crippen molar-refractivity contribution < 1.29 is 0 Å². The molecule has 1 aliphatic heterocycles. The van der Waals surface area contributed by atoms with Gasteiger partial charge >= 0.3 is 0 Å². The van der Waals surface area contributed by atoms with E-state index in [0.717, 1.165) is 18.8 Å². The van der Waals surface area contributed by atoms with E-state index < -0.39 is 0 Å². The summed E-state index contributed by atoms with van der Waals surface area (Å²) < 4.78 is 0. The topological polar surface area (TPSA) is 40.7 Å². The monoisotopic (exact) mass is 193 g/mol. The van der Waals surface area contributed by atoms with Crippen molar-refractivity contribution in [3.63, 3.8) is 0 Å². The Morgan fingerprint density at radius 3 is 2.93 bits per heavy atom. The lowest BCUT2D eigenvalue weighted by Crippen LogP contribution is -2.11. The Hall–Kier alpha value is -0.830. The van der Waals surface area contributed by atoms with Gasteiger partial charge in [0.15, 0.2) is 0 Å². The van der Waals surface area contributed by atoms with Gasteiger partial charge < -0.3 is 5.32 Å². The SMILES string of the molecule is CCc1n[nH]c(CC2CCNC2)c1C. The van der Waals surface area contributed by atoms with E-state index in [1.54, 1.807) is 0 Å². The van der Waals surface area contributed by atoms with Crippen molar-refractivity contribution >= 4 is 0 Å². The van der Waals surface area contributed by atoms with Gasteiger partial charge in [-0.3, -0.25) is 5.10 Å². The van der Waals surface area contributed by atoms with Crippen LogP contribution in [0.4, 0.5) is 0 Å². The first-order valence-electron chi connectivity index (χ1n) is 5.54. The summed E-state index contributed by atoms with van der Waals surface area (Å²) in [7, 11) is 0. The number of aromatic nitrogens is 2. The van der Waals surface area contributed by atoms with Gasteiger partial charge in [-0.2, -0.15) is 5.10 Å². The van der Waals surface area contributed by atoms with Gasteiger partial charge in [-0.15, -0.1) is 0 Å². The van der Waals surface area contributed by atoms with Gasteiger partial charge in [0.1, 0.15) is 0 Å². The summed E-state index contributed by atoms with van der Waals surface area (Å²) in [5.74, 6) is 0.804. The fourth-order valence-corrected chi connectivity index (χ4v) is 2.20. The number of nitrogens with one attached hydrogen (secondary N) is 2. The second-order valence-corrected chi connectivity index (χ2v) is 4.19. The smallest absolute Gasteiger partial charge is 0.0651 e. The second kappa shape index (κ2) is 4.13. The fourth-order valence-electron chi connectivity index (χ4n) is 2.20. The number of rotatable bonds is 3. The average molecular weight is 193 g/mol. The molecule has 2 rings (SSSR count). The van der Waals surface area contributed by atoms with Gasteiger partial charge in [-0.25, -0.2) is 0 Å². The van der Waals surface area contributed by atoms with Crippen LogP contribution in [0.3, 0.4) is 0 Å². The molecule has 1 atom stereocenters. The van der Waals surface area contributed by atoms with Crippen molar-refractivity contribution in [3.8, 4) is 0 Å². The molecule has 0 radical (unpaired) electrons. The Kier molecular flexibility index (Phi) is 2.87. The van der Waals surface area contributed by atoms with Gasteiger partial charge in [0, 0.05) is 5.69 Å². The van der Waals surface area contributed by atoms with Gasteiger partial charge in [0.2, 0.25) is 0 Å². The first kappa shape index (κ1) is 9.71. The number of hydrogen-bond donors (Lipinski definition) is 2. The Morgan fingerprint density at radius 1 is 1.50 bits per heavy atom. The summed E-state index contributed by atoms with van der Waals surface area (Å²) in [5.41, 5.74) is 3.95. The zero-order valence-corrected chi connectivity index (χ0v) is 9.06. The Labute approximate surface area is 85.3 Å². The van der Waals surface area contributed by atoms with Crippen LogP contribution in [0.25, 0.3) is 0 Å². The lowest BCUT2D eigenvalue weighted by Gasteiger charge is -2.06. The van der Waals surface area contributed by atoms with Gasteiger partial charge in [0.25, 0.3) is 0 Å². The molecule has 0 saturated carbocycles. The van der Waals surface area contributed by atoms with Crippen LogP contribution in [0.5, 0.6) is 0 Å². The maximum absolute atomic E-state index is 4.33. The predicted octanol–water partition coefficient (Wildman–Crippen LogP) is 1.43. The molecule has 0 spiro atoms. The molecule has 0 bridgehead atoms. The molecule has 0 aliphatic carbocycles.